The Morgan fingerprint density at radius 2 is 1.67 bits per heavy atom. The molecule has 4 aromatic carbocycles. The van der Waals surface area contributed by atoms with Gasteiger partial charge in [0.05, 0.1) is 15.4 Å². The van der Waals surface area contributed by atoms with Gasteiger partial charge in [-0.2, -0.15) is 0 Å². The summed E-state index contributed by atoms with van der Waals surface area (Å²) >= 11 is 6.24. The van der Waals surface area contributed by atoms with Gasteiger partial charge in [-0.05, 0) is 97.5 Å². The summed E-state index contributed by atoms with van der Waals surface area (Å²) in [5, 5.41) is 15.5. The van der Waals surface area contributed by atoms with E-state index in [1.165, 1.54) is 28.8 Å². The highest BCUT2D eigenvalue weighted by molar-refractivity contribution is 7.90. The standard InChI is InChI=1S/C45H51ClN8O6S/c1-45(2)17-15-32(38(29-45)31-7-9-33(46)10-8-31)30-51-21-23-52(24-22-51)34-11-13-37(43(27-34)60-42-6-4-5-39-36(42)16-18-47-39)44(55)49-61(58,59)35-12-14-40(41(28-35)54(56)57)48-53-25-19-50(3)20-26-53/h4-14,16,18,27-28,47-48H,15,17,19-26,29-30H2,1-3H3,(H,49,55). The lowest BCUT2D eigenvalue weighted by molar-refractivity contribution is -0.384. The molecule has 16 heteroatoms. The van der Waals surface area contributed by atoms with Gasteiger partial charge >= 0.3 is 0 Å². The normalized spacial score (nSPS) is 18.0. The second kappa shape index (κ2) is 17.5. The maximum Gasteiger partial charge on any atom is 0.295 e. The highest BCUT2D eigenvalue weighted by atomic mass is 35.5. The topological polar surface area (TPSA) is 156 Å². The van der Waals surface area contributed by atoms with Crippen molar-refractivity contribution in [2.24, 2.45) is 5.41 Å². The highest BCUT2D eigenvalue weighted by Gasteiger charge is 2.31. The highest BCUT2D eigenvalue weighted by Crippen LogP contribution is 2.43. The number of carbonyl (C=O) groups excluding carboxylic acids is 1. The van der Waals surface area contributed by atoms with Crippen molar-refractivity contribution in [1.82, 2.24) is 24.5 Å². The number of piperazine rings is 2. The van der Waals surface area contributed by atoms with Gasteiger partial charge in [-0.3, -0.25) is 19.8 Å². The largest absolute Gasteiger partial charge is 0.456 e. The molecule has 1 aliphatic carbocycles. The first-order valence-corrected chi connectivity index (χ1v) is 22.5. The quantitative estimate of drug-likeness (QED) is 0.0825. The molecular formula is C45H51ClN8O6S. The van der Waals surface area contributed by atoms with Crippen LogP contribution in [0.3, 0.4) is 0 Å². The van der Waals surface area contributed by atoms with Crippen LogP contribution < -0.4 is 19.8 Å². The molecule has 14 nitrogen and oxygen atoms in total. The molecule has 0 bridgehead atoms. The van der Waals surface area contributed by atoms with Crippen LogP contribution in [0.1, 0.15) is 49.0 Å². The van der Waals surface area contributed by atoms with Gasteiger partial charge in [-0.15, -0.1) is 0 Å². The number of fused-ring (bicyclic) bond motifs is 1. The molecule has 0 radical (unpaired) electrons. The molecule has 2 aliphatic heterocycles. The number of nitrogens with zero attached hydrogens (tertiary/aromatic N) is 5. The van der Waals surface area contributed by atoms with Crippen LogP contribution in [0.15, 0.2) is 102 Å². The average Bonchev–Trinajstić information content (AvgIpc) is 3.73. The van der Waals surface area contributed by atoms with Crippen LogP contribution in [0.5, 0.6) is 11.5 Å². The summed E-state index contributed by atoms with van der Waals surface area (Å²) in [6, 6.07) is 24.3. The Hall–Kier alpha value is -5.45. The minimum atomic E-state index is -4.55. The number of sulfonamides is 1. The van der Waals surface area contributed by atoms with Gasteiger partial charge < -0.3 is 24.9 Å². The first-order chi connectivity index (χ1) is 29.2. The number of carbonyl (C=O) groups is 1. The molecule has 0 saturated carbocycles. The van der Waals surface area contributed by atoms with E-state index in [0.29, 0.717) is 18.8 Å². The summed E-state index contributed by atoms with van der Waals surface area (Å²) in [5.74, 6) is -0.283. The van der Waals surface area contributed by atoms with E-state index < -0.39 is 31.4 Å². The number of nitro benzene ring substituents is 1. The molecule has 5 aromatic rings. The Morgan fingerprint density at radius 3 is 2.41 bits per heavy atom. The number of benzene rings is 4. The van der Waals surface area contributed by atoms with E-state index in [1.54, 1.807) is 30.5 Å². The van der Waals surface area contributed by atoms with Crippen molar-refractivity contribution in [2.75, 3.05) is 76.3 Å². The molecule has 3 aliphatic rings. The first kappa shape index (κ1) is 42.2. The number of rotatable bonds is 12. The van der Waals surface area contributed by atoms with Crippen LogP contribution in [0.2, 0.25) is 5.02 Å². The zero-order valence-corrected chi connectivity index (χ0v) is 36.2. The predicted molar refractivity (Wildman–Crippen MR) is 240 cm³/mol. The van der Waals surface area contributed by atoms with Gasteiger partial charge in [0.1, 0.15) is 17.2 Å². The predicted octanol–water partition coefficient (Wildman–Crippen LogP) is 8.00. The SMILES string of the molecule is CN1CCN(Nc2ccc(S(=O)(=O)NC(=O)c3ccc(N4CCN(CC5=C(c6ccc(Cl)cc6)CC(C)(C)CC5)CC4)cc3Oc3cccc4[nH]ccc34)cc2[N+](=O)[O-])CC1. The van der Waals surface area contributed by atoms with E-state index in [1.807, 2.05) is 42.4 Å². The molecule has 3 heterocycles. The van der Waals surface area contributed by atoms with Crippen LogP contribution in [0.4, 0.5) is 17.1 Å². The number of hydrogen-bond donors (Lipinski definition) is 3. The number of H-pyrrole nitrogens is 1. The third kappa shape index (κ3) is 9.71. The van der Waals surface area contributed by atoms with E-state index in [-0.39, 0.29) is 22.4 Å². The van der Waals surface area contributed by atoms with Crippen LogP contribution in [-0.2, 0) is 10.0 Å². The molecule has 2 saturated heterocycles. The van der Waals surface area contributed by atoms with E-state index >= 15 is 0 Å². The Bertz CT molecular complexity index is 2580. The third-order valence-electron chi connectivity index (χ3n) is 12.0. The minimum Gasteiger partial charge on any atom is -0.456 e. The number of nitro groups is 1. The Kier molecular flexibility index (Phi) is 12.1. The van der Waals surface area contributed by atoms with Crippen molar-refractivity contribution in [3.8, 4) is 11.5 Å². The summed E-state index contributed by atoms with van der Waals surface area (Å²) in [4.78, 5) is 35.1. The second-order valence-corrected chi connectivity index (χ2v) is 19.1. The molecule has 61 heavy (non-hydrogen) atoms. The lowest BCUT2D eigenvalue weighted by Crippen LogP contribution is -2.47. The summed E-state index contributed by atoms with van der Waals surface area (Å²) in [6.07, 6.45) is 5.00. The zero-order chi connectivity index (χ0) is 42.9. The number of aromatic amines is 1. The fourth-order valence-electron chi connectivity index (χ4n) is 8.39. The number of likely N-dealkylation sites (N-methyl/N-ethyl adjacent to an activating group) is 1. The number of ether oxygens (including phenoxy) is 1. The molecule has 320 valence electrons. The Morgan fingerprint density at radius 1 is 0.918 bits per heavy atom. The van der Waals surface area contributed by atoms with E-state index in [0.717, 1.165) is 92.8 Å². The monoisotopic (exact) mass is 866 g/mol. The number of hydrazine groups is 1. The van der Waals surface area contributed by atoms with E-state index in [4.69, 9.17) is 16.3 Å². The zero-order valence-electron chi connectivity index (χ0n) is 34.6. The van der Waals surface area contributed by atoms with Crippen molar-refractivity contribution < 1.29 is 22.9 Å². The number of aromatic nitrogens is 1. The molecule has 2 fully saturated rings. The van der Waals surface area contributed by atoms with Gasteiger partial charge in [0.15, 0.2) is 0 Å². The Labute approximate surface area is 361 Å². The molecular weight excluding hydrogens is 816 g/mol. The van der Waals surface area contributed by atoms with Gasteiger partial charge in [-0.1, -0.05) is 49.2 Å². The lowest BCUT2D eigenvalue weighted by atomic mass is 9.72. The van der Waals surface area contributed by atoms with Gasteiger partial charge in [-0.25, -0.2) is 18.1 Å². The fraction of sp³-hybridized carbons (Fsp3) is 0.356. The van der Waals surface area contributed by atoms with Crippen LogP contribution in [0.25, 0.3) is 16.5 Å². The molecule has 3 N–H and O–H groups in total. The lowest BCUT2D eigenvalue weighted by Gasteiger charge is -2.39. The van der Waals surface area contributed by atoms with Crippen molar-refractivity contribution in [2.45, 2.75) is 38.0 Å². The molecule has 1 amide bonds. The van der Waals surface area contributed by atoms with E-state index in [9.17, 15) is 23.3 Å². The van der Waals surface area contributed by atoms with Crippen molar-refractivity contribution in [1.29, 1.82) is 0 Å². The number of allylic oxidation sites excluding steroid dienone is 1. The minimum absolute atomic E-state index is 0.0109. The first-order valence-electron chi connectivity index (χ1n) is 20.6. The smallest absolute Gasteiger partial charge is 0.295 e. The molecule has 0 spiro atoms. The second-order valence-electron chi connectivity index (χ2n) is 16.9. The van der Waals surface area contributed by atoms with Crippen molar-refractivity contribution >= 4 is 61.1 Å². The van der Waals surface area contributed by atoms with Crippen molar-refractivity contribution in [3.05, 3.63) is 123 Å². The van der Waals surface area contributed by atoms with Gasteiger partial charge in [0.2, 0.25) is 0 Å². The molecule has 0 unspecified atom stereocenters. The average molecular weight is 867 g/mol. The number of halogens is 1. The number of amides is 1. The molecule has 1 aromatic heterocycles. The summed E-state index contributed by atoms with van der Waals surface area (Å²) in [5.41, 5.74) is 8.79. The fourth-order valence-corrected chi connectivity index (χ4v) is 9.50. The summed E-state index contributed by atoms with van der Waals surface area (Å²) in [7, 11) is -2.56. The molecule has 0 atom stereocenters. The van der Waals surface area contributed by atoms with Gasteiger partial charge in [0.25, 0.3) is 21.6 Å². The van der Waals surface area contributed by atoms with Crippen molar-refractivity contribution in [3.63, 3.8) is 0 Å². The van der Waals surface area contributed by atoms with E-state index in [2.05, 4.69) is 55.8 Å². The maximum absolute atomic E-state index is 14.0. The van der Waals surface area contributed by atoms with Crippen LogP contribution in [0, 0.1) is 15.5 Å². The maximum atomic E-state index is 14.0. The number of anilines is 2. The van der Waals surface area contributed by atoms with Crippen LogP contribution >= 0.6 is 11.6 Å². The Balaban J connectivity index is 1.02. The number of hydrogen-bond acceptors (Lipinski definition) is 11. The third-order valence-corrected chi connectivity index (χ3v) is 13.6. The van der Waals surface area contributed by atoms with Gasteiger partial charge in [0, 0.05) is 98.8 Å². The summed E-state index contributed by atoms with van der Waals surface area (Å²) < 4.78 is 36.0. The molecule has 8 rings (SSSR count). The summed E-state index contributed by atoms with van der Waals surface area (Å²) in [6.45, 7) is 11.5. The number of nitrogens with one attached hydrogen (secondary N) is 3. The van der Waals surface area contributed by atoms with Crippen LogP contribution in [-0.4, -0.2) is 105 Å².